The number of pyridine rings is 2. The maximum atomic E-state index is 4.70. The molecule has 0 atom stereocenters. The van der Waals surface area contributed by atoms with Crippen molar-refractivity contribution in [2.75, 3.05) is 0 Å². The van der Waals surface area contributed by atoms with Crippen molar-refractivity contribution in [1.82, 2.24) is 14.4 Å². The lowest BCUT2D eigenvalue weighted by molar-refractivity contribution is 1.16. The molecule has 0 unspecified atom stereocenters. The predicted molar refractivity (Wildman–Crippen MR) is 124 cm³/mol. The third-order valence-electron chi connectivity index (χ3n) is 7.24. The smallest absolute Gasteiger partial charge is 0.145 e. The van der Waals surface area contributed by atoms with Crippen LogP contribution in [0.5, 0.6) is 0 Å². The van der Waals surface area contributed by atoms with Gasteiger partial charge in [-0.25, -0.2) is 4.98 Å². The SMILES string of the molecule is c1ccc2c(c1)Cc1c-2ccc2c1Cc1cc3c(cc1-2)c1cnccc1n1ccnc31. The lowest BCUT2D eigenvalue weighted by Gasteiger charge is -2.10. The van der Waals surface area contributed by atoms with E-state index in [2.05, 4.69) is 64.0 Å². The Bertz CT molecular complexity index is 1740. The minimum atomic E-state index is 0.996. The molecule has 144 valence electrons. The van der Waals surface area contributed by atoms with Crippen molar-refractivity contribution in [2.24, 2.45) is 0 Å². The Hall–Kier alpha value is -3.98. The van der Waals surface area contributed by atoms with Crippen molar-refractivity contribution >= 4 is 27.3 Å². The van der Waals surface area contributed by atoms with Gasteiger partial charge in [0.25, 0.3) is 0 Å². The molecule has 8 rings (SSSR count). The molecule has 0 saturated carbocycles. The zero-order chi connectivity index (χ0) is 20.1. The van der Waals surface area contributed by atoms with E-state index in [0.717, 1.165) is 24.0 Å². The maximum Gasteiger partial charge on any atom is 0.145 e. The van der Waals surface area contributed by atoms with Crippen LogP contribution in [0.1, 0.15) is 22.3 Å². The first-order chi connectivity index (χ1) is 15.4. The molecule has 31 heavy (non-hydrogen) atoms. The third-order valence-corrected chi connectivity index (χ3v) is 7.24. The third kappa shape index (κ3) is 1.89. The zero-order valence-corrected chi connectivity index (χ0v) is 16.8. The summed E-state index contributed by atoms with van der Waals surface area (Å²) >= 11 is 0. The summed E-state index contributed by atoms with van der Waals surface area (Å²) in [5, 5.41) is 3.61. The van der Waals surface area contributed by atoms with E-state index in [4.69, 9.17) is 4.98 Å². The van der Waals surface area contributed by atoms with Crippen LogP contribution in [0.4, 0.5) is 0 Å². The molecule has 0 fully saturated rings. The van der Waals surface area contributed by atoms with Gasteiger partial charge in [-0.2, -0.15) is 0 Å². The predicted octanol–water partition coefficient (Wildman–Crippen LogP) is 6.18. The van der Waals surface area contributed by atoms with Crippen molar-refractivity contribution in [1.29, 1.82) is 0 Å². The van der Waals surface area contributed by atoms with Gasteiger partial charge < -0.3 is 0 Å². The van der Waals surface area contributed by atoms with Crippen LogP contribution >= 0.6 is 0 Å². The molecule has 0 spiro atoms. The van der Waals surface area contributed by atoms with E-state index in [-0.39, 0.29) is 0 Å². The standard InChI is InChI=1S/C28H17N3/c1-2-4-18-16(3-1)11-22-19(18)5-6-20-21-14-24-25(13-17(21)12-23(20)22)28-30-9-10-31(28)27-7-8-29-15-26(24)27/h1-10,13-15H,11-12H2. The molecule has 3 heteroatoms. The molecule has 0 bridgehead atoms. The van der Waals surface area contributed by atoms with Crippen LogP contribution in [-0.2, 0) is 12.8 Å². The minimum absolute atomic E-state index is 0.996. The second kappa shape index (κ2) is 5.38. The lowest BCUT2D eigenvalue weighted by Crippen LogP contribution is -1.92. The fourth-order valence-electron chi connectivity index (χ4n) is 5.87. The van der Waals surface area contributed by atoms with E-state index in [1.165, 1.54) is 60.7 Å². The Kier molecular flexibility index (Phi) is 2.74. The van der Waals surface area contributed by atoms with Crippen LogP contribution < -0.4 is 0 Å². The average Bonchev–Trinajstić information content (AvgIpc) is 3.53. The summed E-state index contributed by atoms with van der Waals surface area (Å²) in [5.74, 6) is 0. The van der Waals surface area contributed by atoms with Gasteiger partial charge in [-0.1, -0.05) is 36.4 Å². The number of fused-ring (bicyclic) bond motifs is 13. The van der Waals surface area contributed by atoms with E-state index < -0.39 is 0 Å². The highest BCUT2D eigenvalue weighted by Crippen LogP contribution is 2.47. The van der Waals surface area contributed by atoms with Crippen molar-refractivity contribution in [3.05, 3.63) is 102 Å². The Labute approximate surface area is 178 Å². The Morgan fingerprint density at radius 2 is 1.52 bits per heavy atom. The van der Waals surface area contributed by atoms with Gasteiger partial charge in [0.2, 0.25) is 0 Å². The molecule has 0 radical (unpaired) electrons. The number of aromatic nitrogens is 3. The summed E-state index contributed by atoms with van der Waals surface area (Å²) in [6.45, 7) is 0. The molecule has 2 aliphatic rings. The van der Waals surface area contributed by atoms with Gasteiger partial charge in [-0.3, -0.25) is 9.38 Å². The van der Waals surface area contributed by atoms with Gasteiger partial charge >= 0.3 is 0 Å². The molecule has 0 amide bonds. The molecule has 0 N–H and O–H groups in total. The second-order valence-corrected chi connectivity index (χ2v) is 8.70. The van der Waals surface area contributed by atoms with Crippen molar-refractivity contribution < 1.29 is 0 Å². The summed E-state index contributed by atoms with van der Waals surface area (Å²) < 4.78 is 2.18. The van der Waals surface area contributed by atoms with Crippen LogP contribution in [0, 0.1) is 0 Å². The number of imidazole rings is 1. The van der Waals surface area contributed by atoms with Crippen LogP contribution in [0.15, 0.2) is 79.4 Å². The van der Waals surface area contributed by atoms with E-state index in [1.807, 2.05) is 24.8 Å². The van der Waals surface area contributed by atoms with Crippen molar-refractivity contribution in [2.45, 2.75) is 12.8 Å². The fourth-order valence-corrected chi connectivity index (χ4v) is 5.87. The molecular formula is C28H17N3. The van der Waals surface area contributed by atoms with E-state index in [1.54, 1.807) is 0 Å². The normalized spacial score (nSPS) is 13.5. The molecule has 0 aliphatic heterocycles. The van der Waals surface area contributed by atoms with E-state index >= 15 is 0 Å². The minimum Gasteiger partial charge on any atom is -0.299 e. The molecule has 3 heterocycles. The Morgan fingerprint density at radius 1 is 0.677 bits per heavy atom. The second-order valence-electron chi connectivity index (χ2n) is 8.70. The molecule has 3 aromatic carbocycles. The van der Waals surface area contributed by atoms with Gasteiger partial charge in [-0.05, 0) is 80.9 Å². The van der Waals surface area contributed by atoms with Crippen molar-refractivity contribution in [3.63, 3.8) is 0 Å². The highest BCUT2D eigenvalue weighted by molar-refractivity contribution is 6.13. The summed E-state index contributed by atoms with van der Waals surface area (Å²) in [5.41, 5.74) is 13.6. The number of benzene rings is 3. The number of hydrogen-bond acceptors (Lipinski definition) is 2. The first-order valence-electron chi connectivity index (χ1n) is 10.8. The van der Waals surface area contributed by atoms with Gasteiger partial charge in [0.1, 0.15) is 5.65 Å². The molecule has 0 saturated heterocycles. The Balaban J connectivity index is 1.44. The van der Waals surface area contributed by atoms with Gasteiger partial charge in [0.05, 0.1) is 5.52 Å². The van der Waals surface area contributed by atoms with Gasteiger partial charge in [0.15, 0.2) is 0 Å². The van der Waals surface area contributed by atoms with E-state index in [9.17, 15) is 0 Å². The molecular weight excluding hydrogens is 378 g/mol. The van der Waals surface area contributed by atoms with Gasteiger partial charge in [0, 0.05) is 35.6 Å². The van der Waals surface area contributed by atoms with Crippen LogP contribution in [0.25, 0.3) is 49.6 Å². The maximum absolute atomic E-state index is 4.70. The fraction of sp³-hybridized carbons (Fsp3) is 0.0714. The quantitative estimate of drug-likeness (QED) is 0.287. The van der Waals surface area contributed by atoms with Gasteiger partial charge in [-0.15, -0.1) is 0 Å². The van der Waals surface area contributed by atoms with Crippen LogP contribution in [-0.4, -0.2) is 14.4 Å². The first-order valence-corrected chi connectivity index (χ1v) is 10.8. The highest BCUT2D eigenvalue weighted by Gasteiger charge is 2.28. The summed E-state index contributed by atoms with van der Waals surface area (Å²) in [4.78, 5) is 9.13. The highest BCUT2D eigenvalue weighted by atomic mass is 15.0. The molecule has 6 aromatic rings. The van der Waals surface area contributed by atoms with Crippen LogP contribution in [0.2, 0.25) is 0 Å². The lowest BCUT2D eigenvalue weighted by atomic mass is 9.96. The average molecular weight is 395 g/mol. The molecule has 3 nitrogen and oxygen atoms in total. The Morgan fingerprint density at radius 3 is 2.45 bits per heavy atom. The molecule has 2 aliphatic carbocycles. The first kappa shape index (κ1) is 15.8. The van der Waals surface area contributed by atoms with E-state index in [0.29, 0.717) is 0 Å². The van der Waals surface area contributed by atoms with Crippen molar-refractivity contribution in [3.8, 4) is 22.3 Å². The number of hydrogen-bond donors (Lipinski definition) is 0. The zero-order valence-electron chi connectivity index (χ0n) is 16.8. The number of nitrogens with zero attached hydrogens (tertiary/aromatic N) is 3. The largest absolute Gasteiger partial charge is 0.299 e. The summed E-state index contributed by atoms with van der Waals surface area (Å²) in [6, 6.07) is 20.3. The summed E-state index contributed by atoms with van der Waals surface area (Å²) in [7, 11) is 0. The topological polar surface area (TPSA) is 30.2 Å². The monoisotopic (exact) mass is 395 g/mol. The molecule has 3 aromatic heterocycles. The summed E-state index contributed by atoms with van der Waals surface area (Å²) in [6.07, 6.45) is 9.81. The van der Waals surface area contributed by atoms with Crippen LogP contribution in [0.3, 0.4) is 0 Å². The number of rotatable bonds is 0.